The highest BCUT2D eigenvalue weighted by Gasteiger charge is 2.18. The van der Waals surface area contributed by atoms with E-state index in [-0.39, 0.29) is 0 Å². The van der Waals surface area contributed by atoms with Crippen LogP contribution < -0.4 is 5.32 Å². The molecule has 1 aliphatic rings. The molecule has 0 saturated heterocycles. The monoisotopic (exact) mass is 219 g/mol. The van der Waals surface area contributed by atoms with Crippen LogP contribution in [0.4, 0.5) is 5.95 Å². The zero-order chi connectivity index (χ0) is 11.2. The third-order valence-electron chi connectivity index (χ3n) is 3.45. The van der Waals surface area contributed by atoms with E-state index < -0.39 is 0 Å². The van der Waals surface area contributed by atoms with Crippen molar-refractivity contribution in [2.45, 2.75) is 39.0 Å². The second-order valence-corrected chi connectivity index (χ2v) is 4.93. The van der Waals surface area contributed by atoms with E-state index in [2.05, 4.69) is 22.2 Å². The number of rotatable bonds is 4. The third-order valence-corrected chi connectivity index (χ3v) is 3.45. The number of hydrogen-bond donors (Lipinski definition) is 1. The van der Waals surface area contributed by atoms with E-state index >= 15 is 0 Å². The van der Waals surface area contributed by atoms with Crippen LogP contribution in [0.1, 0.15) is 39.0 Å². The fraction of sp³-hybridized carbons (Fsp3) is 0.692. The van der Waals surface area contributed by atoms with E-state index in [9.17, 15) is 0 Å². The van der Waals surface area contributed by atoms with Crippen LogP contribution in [0, 0.1) is 11.8 Å². The molecule has 1 N–H and O–H groups in total. The summed E-state index contributed by atoms with van der Waals surface area (Å²) in [6.07, 6.45) is 10.4. The molecule has 2 atom stereocenters. The van der Waals surface area contributed by atoms with Gasteiger partial charge in [-0.1, -0.05) is 26.2 Å². The molecule has 0 radical (unpaired) electrons. The van der Waals surface area contributed by atoms with Gasteiger partial charge >= 0.3 is 0 Å². The zero-order valence-corrected chi connectivity index (χ0v) is 10.0. The first-order valence-corrected chi connectivity index (χ1v) is 6.35. The molecule has 88 valence electrons. The molecular weight excluding hydrogens is 198 g/mol. The molecule has 1 aromatic rings. The Hall–Kier alpha value is -1.12. The lowest BCUT2D eigenvalue weighted by Gasteiger charge is -2.26. The van der Waals surface area contributed by atoms with Crippen molar-refractivity contribution >= 4 is 5.95 Å². The van der Waals surface area contributed by atoms with E-state index in [1.807, 2.05) is 6.07 Å². The molecule has 1 heterocycles. The van der Waals surface area contributed by atoms with Crippen molar-refractivity contribution in [3.05, 3.63) is 18.5 Å². The number of hydrogen-bond acceptors (Lipinski definition) is 3. The second kappa shape index (κ2) is 5.83. The summed E-state index contributed by atoms with van der Waals surface area (Å²) in [5.41, 5.74) is 0. The summed E-state index contributed by atoms with van der Waals surface area (Å²) in [6.45, 7) is 3.38. The number of aromatic nitrogens is 2. The molecule has 0 bridgehead atoms. The summed E-state index contributed by atoms with van der Waals surface area (Å²) in [7, 11) is 0. The quantitative estimate of drug-likeness (QED) is 0.845. The number of nitrogens with one attached hydrogen (secondary N) is 1. The summed E-state index contributed by atoms with van der Waals surface area (Å²) in [5.74, 6) is 2.58. The molecule has 0 aromatic carbocycles. The Morgan fingerprint density at radius 1 is 1.31 bits per heavy atom. The Morgan fingerprint density at radius 3 is 2.88 bits per heavy atom. The smallest absolute Gasteiger partial charge is 0.222 e. The maximum absolute atomic E-state index is 4.15. The topological polar surface area (TPSA) is 37.8 Å². The normalized spacial score (nSPS) is 25.3. The minimum absolute atomic E-state index is 0.756. The van der Waals surface area contributed by atoms with Crippen LogP contribution in [0.5, 0.6) is 0 Å². The fourth-order valence-corrected chi connectivity index (χ4v) is 2.60. The van der Waals surface area contributed by atoms with Gasteiger partial charge in [-0.15, -0.1) is 0 Å². The summed E-state index contributed by atoms with van der Waals surface area (Å²) < 4.78 is 0. The third kappa shape index (κ3) is 3.47. The van der Waals surface area contributed by atoms with Crippen LogP contribution in [0.15, 0.2) is 18.5 Å². The SMILES string of the molecule is CC1CCCC(CCNc2ncccn2)C1. The van der Waals surface area contributed by atoms with Gasteiger partial charge < -0.3 is 5.32 Å². The van der Waals surface area contributed by atoms with E-state index in [1.165, 1.54) is 32.1 Å². The standard InChI is InChI=1S/C13H21N3/c1-11-4-2-5-12(10-11)6-9-16-13-14-7-3-8-15-13/h3,7-8,11-12H,2,4-6,9-10H2,1H3,(H,14,15,16). The molecule has 2 rings (SSSR count). The minimum Gasteiger partial charge on any atom is -0.354 e. The van der Waals surface area contributed by atoms with E-state index in [0.29, 0.717) is 0 Å². The van der Waals surface area contributed by atoms with Crippen LogP contribution in [0.25, 0.3) is 0 Å². The fourth-order valence-electron chi connectivity index (χ4n) is 2.60. The molecule has 16 heavy (non-hydrogen) atoms. The summed E-state index contributed by atoms with van der Waals surface area (Å²) in [5, 5.41) is 3.28. The van der Waals surface area contributed by atoms with Gasteiger partial charge in [0.25, 0.3) is 0 Å². The van der Waals surface area contributed by atoms with E-state index in [1.54, 1.807) is 12.4 Å². The highest BCUT2D eigenvalue weighted by atomic mass is 15.1. The second-order valence-electron chi connectivity index (χ2n) is 4.93. The van der Waals surface area contributed by atoms with Gasteiger partial charge in [-0.2, -0.15) is 0 Å². The van der Waals surface area contributed by atoms with Crippen molar-refractivity contribution in [2.75, 3.05) is 11.9 Å². The Morgan fingerprint density at radius 2 is 2.12 bits per heavy atom. The van der Waals surface area contributed by atoms with Crippen LogP contribution in [-0.4, -0.2) is 16.5 Å². The van der Waals surface area contributed by atoms with Gasteiger partial charge in [0.15, 0.2) is 0 Å². The first-order valence-electron chi connectivity index (χ1n) is 6.35. The summed E-state index contributed by atoms with van der Waals surface area (Å²) >= 11 is 0. The van der Waals surface area contributed by atoms with Gasteiger partial charge in [-0.25, -0.2) is 9.97 Å². The molecule has 3 nitrogen and oxygen atoms in total. The number of nitrogens with zero attached hydrogens (tertiary/aromatic N) is 2. The molecule has 1 aromatic heterocycles. The average Bonchev–Trinajstić information content (AvgIpc) is 2.30. The molecule has 1 aliphatic carbocycles. The van der Waals surface area contributed by atoms with Gasteiger partial charge in [0, 0.05) is 18.9 Å². The predicted molar refractivity (Wildman–Crippen MR) is 66.3 cm³/mol. The van der Waals surface area contributed by atoms with Crippen molar-refractivity contribution in [3.63, 3.8) is 0 Å². The lowest BCUT2D eigenvalue weighted by atomic mass is 9.81. The lowest BCUT2D eigenvalue weighted by Crippen LogP contribution is -2.17. The Balaban J connectivity index is 1.68. The Bertz CT molecular complexity index is 299. The molecular formula is C13H21N3. The molecule has 0 spiro atoms. The van der Waals surface area contributed by atoms with Crippen molar-refractivity contribution in [1.82, 2.24) is 9.97 Å². The van der Waals surface area contributed by atoms with Gasteiger partial charge in [-0.05, 0) is 30.7 Å². The Labute approximate surface area is 97.7 Å². The van der Waals surface area contributed by atoms with Gasteiger partial charge in [0.05, 0.1) is 0 Å². The molecule has 0 aliphatic heterocycles. The van der Waals surface area contributed by atoms with Crippen molar-refractivity contribution in [3.8, 4) is 0 Å². The maximum atomic E-state index is 4.15. The van der Waals surface area contributed by atoms with Gasteiger partial charge in [0.1, 0.15) is 0 Å². The molecule has 0 amide bonds. The highest BCUT2D eigenvalue weighted by Crippen LogP contribution is 2.30. The first kappa shape index (κ1) is 11.4. The van der Waals surface area contributed by atoms with Crippen LogP contribution in [0.2, 0.25) is 0 Å². The molecule has 1 fully saturated rings. The molecule has 3 heteroatoms. The minimum atomic E-state index is 0.756. The van der Waals surface area contributed by atoms with Crippen LogP contribution >= 0.6 is 0 Å². The highest BCUT2D eigenvalue weighted by molar-refractivity contribution is 5.21. The van der Waals surface area contributed by atoms with Crippen molar-refractivity contribution < 1.29 is 0 Å². The maximum Gasteiger partial charge on any atom is 0.222 e. The number of anilines is 1. The van der Waals surface area contributed by atoms with Crippen LogP contribution in [0.3, 0.4) is 0 Å². The summed E-state index contributed by atoms with van der Waals surface area (Å²) in [4.78, 5) is 8.31. The Kier molecular flexibility index (Phi) is 4.14. The van der Waals surface area contributed by atoms with E-state index in [4.69, 9.17) is 0 Å². The largest absolute Gasteiger partial charge is 0.354 e. The van der Waals surface area contributed by atoms with Crippen molar-refractivity contribution in [1.29, 1.82) is 0 Å². The van der Waals surface area contributed by atoms with Gasteiger partial charge in [0.2, 0.25) is 5.95 Å². The van der Waals surface area contributed by atoms with Crippen molar-refractivity contribution in [2.24, 2.45) is 11.8 Å². The predicted octanol–water partition coefficient (Wildman–Crippen LogP) is 3.10. The van der Waals surface area contributed by atoms with Crippen LogP contribution in [-0.2, 0) is 0 Å². The van der Waals surface area contributed by atoms with E-state index in [0.717, 1.165) is 24.3 Å². The zero-order valence-electron chi connectivity index (χ0n) is 10.0. The lowest BCUT2D eigenvalue weighted by molar-refractivity contribution is 0.274. The van der Waals surface area contributed by atoms with Gasteiger partial charge in [-0.3, -0.25) is 0 Å². The first-order chi connectivity index (χ1) is 7.84. The summed E-state index contributed by atoms with van der Waals surface area (Å²) in [6, 6.07) is 1.84. The molecule has 1 saturated carbocycles. The molecule has 2 unspecified atom stereocenters. The average molecular weight is 219 g/mol.